The molecule has 8 nitrogen and oxygen atoms in total. The SMILES string of the molecule is COc1cccc(S(=O)(=O)N(C)C[C@@H]2OCc3ccccc3-c3ccccc3C(=O)N([C@H](C)CO)C[C@@H]2C)c1. The zero-order chi connectivity index (χ0) is 28.2. The van der Waals surface area contributed by atoms with Crippen molar-refractivity contribution in [1.82, 2.24) is 9.21 Å². The third kappa shape index (κ3) is 6.17. The van der Waals surface area contributed by atoms with Crippen LogP contribution in [0.4, 0.5) is 0 Å². The molecule has 0 spiro atoms. The van der Waals surface area contributed by atoms with Crippen LogP contribution >= 0.6 is 0 Å². The first-order valence-corrected chi connectivity index (χ1v) is 14.4. The number of aliphatic hydroxyl groups is 1. The molecule has 1 aliphatic heterocycles. The molecular weight excluding hydrogens is 516 g/mol. The largest absolute Gasteiger partial charge is 0.497 e. The first kappa shape index (κ1) is 28.8. The number of fused-ring (bicyclic) bond motifs is 3. The van der Waals surface area contributed by atoms with Crippen LogP contribution in [0.15, 0.2) is 77.7 Å². The Balaban J connectivity index is 1.72. The van der Waals surface area contributed by atoms with Crippen LogP contribution in [0.1, 0.15) is 29.8 Å². The first-order chi connectivity index (χ1) is 18.7. The molecule has 1 N–H and O–H groups in total. The second-order valence-electron chi connectivity index (χ2n) is 9.98. The zero-order valence-corrected chi connectivity index (χ0v) is 23.6. The number of rotatable bonds is 7. The average molecular weight is 553 g/mol. The van der Waals surface area contributed by atoms with Crippen molar-refractivity contribution in [2.24, 2.45) is 5.92 Å². The highest BCUT2D eigenvalue weighted by molar-refractivity contribution is 7.89. The monoisotopic (exact) mass is 552 g/mol. The van der Waals surface area contributed by atoms with Crippen molar-refractivity contribution < 1.29 is 27.8 Å². The maximum Gasteiger partial charge on any atom is 0.254 e. The van der Waals surface area contributed by atoms with Gasteiger partial charge in [0.25, 0.3) is 5.91 Å². The molecule has 1 heterocycles. The molecule has 39 heavy (non-hydrogen) atoms. The van der Waals surface area contributed by atoms with E-state index >= 15 is 0 Å². The van der Waals surface area contributed by atoms with E-state index in [0.717, 1.165) is 16.7 Å². The summed E-state index contributed by atoms with van der Waals surface area (Å²) in [7, 11) is -0.819. The van der Waals surface area contributed by atoms with Crippen molar-refractivity contribution in [2.45, 2.75) is 37.5 Å². The van der Waals surface area contributed by atoms with Gasteiger partial charge in [-0.2, -0.15) is 4.31 Å². The molecule has 0 fully saturated rings. The van der Waals surface area contributed by atoms with Gasteiger partial charge in [-0.15, -0.1) is 0 Å². The van der Waals surface area contributed by atoms with Crippen LogP contribution in [0.3, 0.4) is 0 Å². The molecule has 0 unspecified atom stereocenters. The van der Waals surface area contributed by atoms with Gasteiger partial charge in [-0.1, -0.05) is 55.5 Å². The van der Waals surface area contributed by atoms with Gasteiger partial charge < -0.3 is 19.5 Å². The van der Waals surface area contributed by atoms with Gasteiger partial charge >= 0.3 is 0 Å². The second-order valence-corrected chi connectivity index (χ2v) is 12.0. The number of carbonyl (C=O) groups excluding carboxylic acids is 1. The fourth-order valence-corrected chi connectivity index (χ4v) is 6.06. The third-order valence-corrected chi connectivity index (χ3v) is 9.10. The maximum absolute atomic E-state index is 13.9. The van der Waals surface area contributed by atoms with E-state index in [1.54, 1.807) is 30.0 Å². The summed E-state index contributed by atoms with van der Waals surface area (Å²) >= 11 is 0. The second kappa shape index (κ2) is 12.3. The first-order valence-electron chi connectivity index (χ1n) is 13.0. The highest BCUT2D eigenvalue weighted by atomic mass is 32.2. The lowest BCUT2D eigenvalue weighted by Gasteiger charge is -2.35. The molecule has 0 saturated heterocycles. The number of methoxy groups -OCH3 is 1. The lowest BCUT2D eigenvalue weighted by atomic mass is 9.94. The van der Waals surface area contributed by atoms with Crippen molar-refractivity contribution in [1.29, 1.82) is 0 Å². The number of amides is 1. The minimum atomic E-state index is -3.84. The van der Waals surface area contributed by atoms with Gasteiger partial charge in [0.05, 0.1) is 37.4 Å². The highest BCUT2D eigenvalue weighted by Crippen LogP contribution is 2.31. The summed E-state index contributed by atoms with van der Waals surface area (Å²) in [5.41, 5.74) is 3.12. The van der Waals surface area contributed by atoms with Gasteiger partial charge in [0.15, 0.2) is 0 Å². The summed E-state index contributed by atoms with van der Waals surface area (Å²) < 4.78 is 39.8. The fraction of sp³-hybridized carbons (Fsp3) is 0.367. The van der Waals surface area contributed by atoms with E-state index in [0.29, 0.717) is 11.3 Å². The number of likely N-dealkylation sites (N-methyl/N-ethyl adjacent to an activating group) is 1. The minimum Gasteiger partial charge on any atom is -0.497 e. The molecule has 3 atom stereocenters. The number of carbonyl (C=O) groups is 1. The van der Waals surface area contributed by atoms with Gasteiger partial charge in [-0.3, -0.25) is 4.79 Å². The predicted octanol–water partition coefficient (Wildman–Crippen LogP) is 4.04. The van der Waals surface area contributed by atoms with Gasteiger partial charge in [-0.05, 0) is 41.8 Å². The van der Waals surface area contributed by atoms with Crippen molar-refractivity contribution in [3.63, 3.8) is 0 Å². The number of nitrogens with zero attached hydrogens (tertiary/aromatic N) is 2. The van der Waals surface area contributed by atoms with Crippen LogP contribution in [0, 0.1) is 5.92 Å². The van der Waals surface area contributed by atoms with Crippen LogP contribution in [-0.2, 0) is 21.4 Å². The Kier molecular flexibility index (Phi) is 9.07. The molecule has 3 aromatic carbocycles. The molecule has 0 radical (unpaired) electrons. The van der Waals surface area contributed by atoms with Crippen molar-refractivity contribution in [3.05, 3.63) is 83.9 Å². The van der Waals surface area contributed by atoms with E-state index in [2.05, 4.69) is 0 Å². The molecule has 1 aliphatic rings. The standard InChI is InChI=1S/C30H36N2O6S/c1-21-17-32(22(2)19-33)30(34)28-15-8-7-14-27(28)26-13-6-5-10-23(26)20-38-29(21)18-31(3)39(35,36)25-12-9-11-24(16-25)37-4/h5-16,21-22,29,33H,17-20H2,1-4H3/t21-,22+,29-/m0/s1. The molecule has 208 valence electrons. The molecule has 0 aromatic heterocycles. The Morgan fingerprint density at radius 1 is 1.05 bits per heavy atom. The number of benzene rings is 3. The van der Waals surface area contributed by atoms with E-state index < -0.39 is 22.2 Å². The maximum atomic E-state index is 13.9. The van der Waals surface area contributed by atoms with Gasteiger partial charge in [0.1, 0.15) is 5.75 Å². The summed E-state index contributed by atoms with van der Waals surface area (Å²) in [6.45, 7) is 4.14. The molecule has 0 aliphatic carbocycles. The van der Waals surface area contributed by atoms with Gasteiger partial charge in [0.2, 0.25) is 10.0 Å². The van der Waals surface area contributed by atoms with Crippen molar-refractivity contribution >= 4 is 15.9 Å². The molecule has 9 heteroatoms. The van der Waals surface area contributed by atoms with E-state index in [4.69, 9.17) is 9.47 Å². The van der Waals surface area contributed by atoms with E-state index in [9.17, 15) is 18.3 Å². The normalized spacial score (nSPS) is 19.1. The highest BCUT2D eigenvalue weighted by Gasteiger charge is 2.32. The lowest BCUT2D eigenvalue weighted by molar-refractivity contribution is -0.0146. The molecule has 3 aromatic rings. The van der Waals surface area contributed by atoms with Crippen LogP contribution < -0.4 is 4.74 Å². The average Bonchev–Trinajstić information content (AvgIpc) is 2.98. The molecular formula is C30H36N2O6S. The van der Waals surface area contributed by atoms with E-state index in [-0.39, 0.29) is 43.0 Å². The lowest BCUT2D eigenvalue weighted by Crippen LogP contribution is -2.47. The molecule has 0 bridgehead atoms. The number of hydrogen-bond donors (Lipinski definition) is 1. The van der Waals surface area contributed by atoms with Gasteiger partial charge in [0, 0.05) is 37.7 Å². The topological polar surface area (TPSA) is 96.4 Å². The summed E-state index contributed by atoms with van der Waals surface area (Å²) in [5.74, 6) is 0.0162. The molecule has 0 saturated carbocycles. The van der Waals surface area contributed by atoms with Crippen LogP contribution in [0.2, 0.25) is 0 Å². The zero-order valence-electron chi connectivity index (χ0n) is 22.8. The number of ether oxygens (including phenoxy) is 2. The fourth-order valence-electron chi connectivity index (χ4n) is 4.84. The quantitative estimate of drug-likeness (QED) is 0.475. The number of sulfonamides is 1. The summed E-state index contributed by atoms with van der Waals surface area (Å²) in [5, 5.41) is 10.0. The third-order valence-electron chi connectivity index (χ3n) is 7.28. The predicted molar refractivity (Wildman–Crippen MR) is 150 cm³/mol. The Morgan fingerprint density at radius 3 is 2.41 bits per heavy atom. The summed E-state index contributed by atoms with van der Waals surface area (Å²) in [4.78, 5) is 15.7. The van der Waals surface area contributed by atoms with Crippen LogP contribution in [0.25, 0.3) is 11.1 Å². The minimum absolute atomic E-state index is 0.0748. The van der Waals surface area contributed by atoms with Crippen molar-refractivity contribution in [2.75, 3.05) is 33.9 Å². The Hall–Kier alpha value is -3.24. The molecule has 4 rings (SSSR count). The Labute approximate surface area is 230 Å². The molecule has 1 amide bonds. The van der Waals surface area contributed by atoms with Gasteiger partial charge in [-0.25, -0.2) is 8.42 Å². The van der Waals surface area contributed by atoms with E-state index in [1.165, 1.54) is 30.6 Å². The number of hydrogen-bond acceptors (Lipinski definition) is 6. The summed E-state index contributed by atoms with van der Waals surface area (Å²) in [6.07, 6.45) is -0.536. The number of aliphatic hydroxyl groups excluding tert-OH is 1. The smallest absolute Gasteiger partial charge is 0.254 e. The van der Waals surface area contributed by atoms with Crippen LogP contribution in [-0.4, -0.2) is 74.6 Å². The van der Waals surface area contributed by atoms with E-state index in [1.807, 2.05) is 49.4 Å². The summed E-state index contributed by atoms with van der Waals surface area (Å²) in [6, 6.07) is 21.1. The Bertz CT molecular complexity index is 1410. The Morgan fingerprint density at radius 2 is 1.72 bits per heavy atom. The van der Waals surface area contributed by atoms with Crippen LogP contribution in [0.5, 0.6) is 5.75 Å². The van der Waals surface area contributed by atoms with Crippen molar-refractivity contribution in [3.8, 4) is 16.9 Å².